The molecule has 0 saturated heterocycles. The first-order valence-electron chi connectivity index (χ1n) is 8.18. The Hall–Kier alpha value is 0. The first-order valence-corrected chi connectivity index (χ1v) is 8.18. The van der Waals surface area contributed by atoms with Crippen molar-refractivity contribution in [3.8, 4) is 0 Å². The summed E-state index contributed by atoms with van der Waals surface area (Å²) in [4.78, 5) is 0. The molecule has 0 bridgehead atoms. The normalized spacial score (nSPS) is 23.0. The van der Waals surface area contributed by atoms with Crippen molar-refractivity contribution in [3.05, 3.63) is 0 Å². The summed E-state index contributed by atoms with van der Waals surface area (Å²) >= 11 is 0. The summed E-state index contributed by atoms with van der Waals surface area (Å²) in [6.07, 6.45) is 13.4. The lowest BCUT2D eigenvalue weighted by atomic mass is 9.80. The van der Waals surface area contributed by atoms with Gasteiger partial charge < -0.3 is 0 Å². The molecule has 0 spiro atoms. The van der Waals surface area contributed by atoms with Crippen LogP contribution in [-0.2, 0) is 0 Å². The Morgan fingerprint density at radius 2 is 1.44 bits per heavy atom. The van der Waals surface area contributed by atoms with Crippen LogP contribution in [0.15, 0.2) is 0 Å². The molecular formula is C18H40. The smallest absolute Gasteiger partial charge is 0.0414 e. The maximum Gasteiger partial charge on any atom is -0.0414 e. The van der Waals surface area contributed by atoms with E-state index in [9.17, 15) is 0 Å². The molecule has 0 aromatic heterocycles. The minimum atomic E-state index is 0. The van der Waals surface area contributed by atoms with E-state index in [2.05, 4.69) is 20.8 Å². The van der Waals surface area contributed by atoms with Gasteiger partial charge in [-0.2, -0.15) is 0 Å². The molecule has 0 atom stereocenters. The van der Waals surface area contributed by atoms with Crippen molar-refractivity contribution >= 4 is 0 Å². The van der Waals surface area contributed by atoms with Gasteiger partial charge in [0.1, 0.15) is 0 Å². The van der Waals surface area contributed by atoms with E-state index in [1.807, 2.05) is 13.8 Å². The fourth-order valence-corrected chi connectivity index (χ4v) is 2.78. The molecule has 0 amide bonds. The summed E-state index contributed by atoms with van der Waals surface area (Å²) in [5.41, 5.74) is 0. The van der Waals surface area contributed by atoms with Gasteiger partial charge in [-0.1, -0.05) is 99.8 Å². The van der Waals surface area contributed by atoms with Crippen LogP contribution in [0.5, 0.6) is 0 Å². The summed E-state index contributed by atoms with van der Waals surface area (Å²) < 4.78 is 0. The third kappa shape index (κ3) is 11.1. The molecule has 0 N–H and O–H groups in total. The van der Waals surface area contributed by atoms with E-state index < -0.39 is 0 Å². The molecule has 1 saturated carbocycles. The maximum atomic E-state index is 2.42. The van der Waals surface area contributed by atoms with Gasteiger partial charge in [-0.05, 0) is 17.8 Å². The van der Waals surface area contributed by atoms with Gasteiger partial charge in [-0.3, -0.25) is 0 Å². The highest BCUT2D eigenvalue weighted by molar-refractivity contribution is 4.69. The molecule has 0 unspecified atom stereocenters. The SMILES string of the molecule is C.CC.CC(C)CCCCCC1CCC(C)CC1. The Morgan fingerprint density at radius 3 is 1.94 bits per heavy atom. The molecule has 18 heavy (non-hydrogen) atoms. The third-order valence-corrected chi connectivity index (χ3v) is 4.03. The van der Waals surface area contributed by atoms with Crippen LogP contribution in [0.2, 0.25) is 0 Å². The monoisotopic (exact) mass is 256 g/mol. The van der Waals surface area contributed by atoms with Crippen LogP contribution in [0, 0.1) is 17.8 Å². The maximum absolute atomic E-state index is 2.42. The minimum absolute atomic E-state index is 0. The van der Waals surface area contributed by atoms with Gasteiger partial charge in [0.2, 0.25) is 0 Å². The van der Waals surface area contributed by atoms with Crippen molar-refractivity contribution in [2.75, 3.05) is 0 Å². The van der Waals surface area contributed by atoms with Crippen molar-refractivity contribution in [3.63, 3.8) is 0 Å². The predicted molar refractivity (Wildman–Crippen MR) is 87.1 cm³/mol. The van der Waals surface area contributed by atoms with E-state index in [-0.39, 0.29) is 7.43 Å². The summed E-state index contributed by atoms with van der Waals surface area (Å²) in [6.45, 7) is 11.1. The van der Waals surface area contributed by atoms with Crippen molar-refractivity contribution < 1.29 is 0 Å². The molecule has 1 fully saturated rings. The second-order valence-electron chi connectivity index (χ2n) is 6.16. The molecule has 0 heterocycles. The lowest BCUT2D eigenvalue weighted by molar-refractivity contribution is 0.271. The first kappa shape index (κ1) is 20.3. The molecule has 0 aromatic rings. The number of rotatable bonds is 6. The molecular weight excluding hydrogens is 216 g/mol. The summed E-state index contributed by atoms with van der Waals surface area (Å²) in [7, 11) is 0. The lowest BCUT2D eigenvalue weighted by Crippen LogP contribution is -2.12. The van der Waals surface area contributed by atoms with Crippen molar-refractivity contribution in [1.29, 1.82) is 0 Å². The molecule has 0 aromatic carbocycles. The third-order valence-electron chi connectivity index (χ3n) is 4.03. The topological polar surface area (TPSA) is 0 Å². The average Bonchev–Trinajstić information content (AvgIpc) is 2.33. The standard InChI is InChI=1S/C15H30.C2H6.CH4/c1-13(2)7-5-4-6-8-15-11-9-14(3)10-12-15;1-2;/h13-15H,4-12H2,1-3H3;1-2H3;1H4. The Bertz CT molecular complexity index is 140. The predicted octanol–water partition coefficient (Wildman–Crippen LogP) is 7.08. The average molecular weight is 257 g/mol. The van der Waals surface area contributed by atoms with E-state index >= 15 is 0 Å². The van der Waals surface area contributed by atoms with Crippen LogP contribution in [0.1, 0.15) is 99.8 Å². The summed E-state index contributed by atoms with van der Waals surface area (Å²) in [6, 6.07) is 0. The fourth-order valence-electron chi connectivity index (χ4n) is 2.78. The van der Waals surface area contributed by atoms with Crippen LogP contribution >= 0.6 is 0 Å². The zero-order valence-electron chi connectivity index (χ0n) is 13.1. The van der Waals surface area contributed by atoms with Crippen LogP contribution < -0.4 is 0 Å². The molecule has 0 radical (unpaired) electrons. The second-order valence-corrected chi connectivity index (χ2v) is 6.16. The van der Waals surface area contributed by atoms with Gasteiger partial charge in [0.25, 0.3) is 0 Å². The molecule has 1 aliphatic rings. The Labute approximate surface area is 118 Å². The van der Waals surface area contributed by atoms with Crippen molar-refractivity contribution in [1.82, 2.24) is 0 Å². The van der Waals surface area contributed by atoms with Crippen LogP contribution in [0.4, 0.5) is 0 Å². The van der Waals surface area contributed by atoms with Gasteiger partial charge in [-0.15, -0.1) is 0 Å². The second kappa shape index (κ2) is 13.4. The van der Waals surface area contributed by atoms with E-state index in [0.717, 1.165) is 17.8 Å². The van der Waals surface area contributed by atoms with Crippen LogP contribution in [-0.4, -0.2) is 0 Å². The van der Waals surface area contributed by atoms with E-state index in [1.165, 1.54) is 57.8 Å². The van der Waals surface area contributed by atoms with Crippen molar-refractivity contribution in [2.24, 2.45) is 17.8 Å². The van der Waals surface area contributed by atoms with Gasteiger partial charge in [0, 0.05) is 0 Å². The lowest BCUT2D eigenvalue weighted by Gasteiger charge is -2.26. The minimum Gasteiger partial charge on any atom is -0.0776 e. The molecule has 0 nitrogen and oxygen atoms in total. The molecule has 1 rings (SSSR count). The largest absolute Gasteiger partial charge is 0.0776 e. The fraction of sp³-hybridized carbons (Fsp3) is 1.00. The van der Waals surface area contributed by atoms with E-state index in [1.54, 1.807) is 0 Å². The Balaban J connectivity index is 0. The van der Waals surface area contributed by atoms with Gasteiger partial charge >= 0.3 is 0 Å². The van der Waals surface area contributed by atoms with Gasteiger partial charge in [-0.25, -0.2) is 0 Å². The van der Waals surface area contributed by atoms with Crippen LogP contribution in [0.3, 0.4) is 0 Å². The highest BCUT2D eigenvalue weighted by Crippen LogP contribution is 2.31. The summed E-state index contributed by atoms with van der Waals surface area (Å²) in [5.74, 6) is 3.00. The highest BCUT2D eigenvalue weighted by atomic mass is 14.2. The van der Waals surface area contributed by atoms with Crippen molar-refractivity contribution in [2.45, 2.75) is 99.8 Å². The first-order chi connectivity index (χ1) is 8.18. The highest BCUT2D eigenvalue weighted by Gasteiger charge is 2.17. The molecule has 0 heteroatoms. The Morgan fingerprint density at radius 1 is 0.889 bits per heavy atom. The zero-order chi connectivity index (χ0) is 13.1. The molecule has 1 aliphatic carbocycles. The molecule has 0 aliphatic heterocycles. The van der Waals surface area contributed by atoms with Crippen LogP contribution in [0.25, 0.3) is 0 Å². The number of hydrogen-bond acceptors (Lipinski definition) is 0. The van der Waals surface area contributed by atoms with E-state index in [0.29, 0.717) is 0 Å². The van der Waals surface area contributed by atoms with Gasteiger partial charge in [0.15, 0.2) is 0 Å². The number of unbranched alkanes of at least 4 members (excludes halogenated alkanes) is 2. The zero-order valence-corrected chi connectivity index (χ0v) is 13.1. The van der Waals surface area contributed by atoms with Gasteiger partial charge in [0.05, 0.1) is 0 Å². The quantitative estimate of drug-likeness (QED) is 0.445. The number of hydrogen-bond donors (Lipinski definition) is 0. The van der Waals surface area contributed by atoms with E-state index in [4.69, 9.17) is 0 Å². The molecule has 112 valence electrons. The Kier molecular flexibility index (Phi) is 15.2. The summed E-state index contributed by atoms with van der Waals surface area (Å²) in [5, 5.41) is 0.